The Morgan fingerprint density at radius 2 is 2.50 bits per heavy atom. The number of carbonyl (C=O) groups is 1. The molecule has 0 aromatic carbocycles. The van der Waals surface area contributed by atoms with Crippen LogP contribution in [-0.2, 0) is 11.2 Å². The van der Waals surface area contributed by atoms with Crippen molar-refractivity contribution in [2.45, 2.75) is 12.5 Å². The Labute approximate surface area is 78.8 Å². The predicted octanol–water partition coefficient (Wildman–Crippen LogP) is 1.36. The van der Waals surface area contributed by atoms with Crippen LogP contribution in [0.3, 0.4) is 0 Å². The Morgan fingerprint density at radius 1 is 1.83 bits per heavy atom. The highest BCUT2D eigenvalue weighted by atomic mass is 35.5. The standard InChI is InChI=1S/C7H8ClNO2S/c8-4-1-5(12-3-4)2-6(9)7(10)11/h1,3,6H,2,9H2,(H,10,11)/t6-/m1/s1. The fourth-order valence-electron chi connectivity index (χ4n) is 0.765. The fraction of sp³-hybridized carbons (Fsp3) is 0.286. The summed E-state index contributed by atoms with van der Waals surface area (Å²) in [7, 11) is 0. The van der Waals surface area contributed by atoms with Gasteiger partial charge in [-0.15, -0.1) is 11.3 Å². The first-order valence-electron chi connectivity index (χ1n) is 3.31. The molecule has 3 N–H and O–H groups in total. The minimum Gasteiger partial charge on any atom is -0.480 e. The van der Waals surface area contributed by atoms with Crippen LogP contribution in [0.4, 0.5) is 0 Å². The summed E-state index contributed by atoms with van der Waals surface area (Å²) in [6.45, 7) is 0. The van der Waals surface area contributed by atoms with E-state index >= 15 is 0 Å². The summed E-state index contributed by atoms with van der Waals surface area (Å²) in [6.07, 6.45) is 0.340. The molecule has 0 fully saturated rings. The number of carboxylic acid groups (broad SMARTS) is 1. The maximum Gasteiger partial charge on any atom is 0.320 e. The van der Waals surface area contributed by atoms with Crippen LogP contribution in [0.1, 0.15) is 4.88 Å². The van der Waals surface area contributed by atoms with Crippen molar-refractivity contribution in [3.8, 4) is 0 Å². The molecule has 66 valence electrons. The second-order valence-corrected chi connectivity index (χ2v) is 3.81. The Bertz CT molecular complexity index is 287. The van der Waals surface area contributed by atoms with E-state index in [-0.39, 0.29) is 0 Å². The van der Waals surface area contributed by atoms with Crippen molar-refractivity contribution in [3.05, 3.63) is 21.3 Å². The highest BCUT2D eigenvalue weighted by molar-refractivity contribution is 7.10. The predicted molar refractivity (Wildman–Crippen MR) is 48.6 cm³/mol. The molecule has 0 radical (unpaired) electrons. The van der Waals surface area contributed by atoms with E-state index in [1.54, 1.807) is 11.4 Å². The zero-order valence-electron chi connectivity index (χ0n) is 6.16. The van der Waals surface area contributed by atoms with Crippen LogP contribution < -0.4 is 5.73 Å². The van der Waals surface area contributed by atoms with Crippen molar-refractivity contribution < 1.29 is 9.90 Å². The molecule has 3 nitrogen and oxygen atoms in total. The van der Waals surface area contributed by atoms with Gasteiger partial charge in [0.2, 0.25) is 0 Å². The van der Waals surface area contributed by atoms with Gasteiger partial charge in [0, 0.05) is 16.7 Å². The van der Waals surface area contributed by atoms with E-state index in [0.29, 0.717) is 11.4 Å². The monoisotopic (exact) mass is 205 g/mol. The second kappa shape index (κ2) is 3.89. The minimum absolute atomic E-state index is 0.340. The zero-order chi connectivity index (χ0) is 9.14. The van der Waals surface area contributed by atoms with Crippen molar-refractivity contribution in [1.29, 1.82) is 0 Å². The van der Waals surface area contributed by atoms with Gasteiger partial charge in [0.15, 0.2) is 0 Å². The lowest BCUT2D eigenvalue weighted by Gasteiger charge is -2.02. The van der Waals surface area contributed by atoms with Gasteiger partial charge >= 0.3 is 5.97 Å². The van der Waals surface area contributed by atoms with Crippen LogP contribution in [0, 0.1) is 0 Å². The van der Waals surface area contributed by atoms with Crippen LogP contribution in [0.25, 0.3) is 0 Å². The molecule has 0 aliphatic carbocycles. The van der Waals surface area contributed by atoms with Gasteiger partial charge in [-0.3, -0.25) is 4.79 Å². The van der Waals surface area contributed by atoms with Crippen LogP contribution in [0.2, 0.25) is 5.02 Å². The van der Waals surface area contributed by atoms with Crippen molar-refractivity contribution in [3.63, 3.8) is 0 Å². The number of halogens is 1. The van der Waals surface area contributed by atoms with E-state index in [2.05, 4.69) is 0 Å². The molecule has 1 aromatic rings. The Hall–Kier alpha value is -0.580. The maximum absolute atomic E-state index is 10.4. The van der Waals surface area contributed by atoms with E-state index in [4.69, 9.17) is 22.4 Å². The summed E-state index contributed by atoms with van der Waals surface area (Å²) in [5.74, 6) is -0.987. The van der Waals surface area contributed by atoms with Crippen LogP contribution in [-0.4, -0.2) is 17.1 Å². The highest BCUT2D eigenvalue weighted by Gasteiger charge is 2.12. The highest BCUT2D eigenvalue weighted by Crippen LogP contribution is 2.19. The SMILES string of the molecule is N[C@H](Cc1cc(Cl)cs1)C(=O)O. The molecular formula is C7H8ClNO2S. The lowest BCUT2D eigenvalue weighted by molar-refractivity contribution is -0.138. The van der Waals surface area contributed by atoms with E-state index in [0.717, 1.165) is 4.88 Å². The van der Waals surface area contributed by atoms with Crippen LogP contribution in [0.15, 0.2) is 11.4 Å². The number of hydrogen-bond donors (Lipinski definition) is 2. The van der Waals surface area contributed by atoms with Crippen molar-refractivity contribution in [2.24, 2.45) is 5.73 Å². The molecular weight excluding hydrogens is 198 g/mol. The van der Waals surface area contributed by atoms with Gasteiger partial charge in [-0.25, -0.2) is 0 Å². The maximum atomic E-state index is 10.4. The summed E-state index contributed by atoms with van der Waals surface area (Å²) < 4.78 is 0. The van der Waals surface area contributed by atoms with Gasteiger partial charge in [0.1, 0.15) is 6.04 Å². The summed E-state index contributed by atoms with van der Waals surface area (Å²) in [5, 5.41) is 10.9. The summed E-state index contributed by atoms with van der Waals surface area (Å²) in [5.41, 5.74) is 5.32. The quantitative estimate of drug-likeness (QED) is 0.783. The number of rotatable bonds is 3. The lowest BCUT2D eigenvalue weighted by Crippen LogP contribution is -2.31. The minimum atomic E-state index is -0.987. The third kappa shape index (κ3) is 2.48. The zero-order valence-corrected chi connectivity index (χ0v) is 7.73. The van der Waals surface area contributed by atoms with Gasteiger partial charge in [-0.1, -0.05) is 11.6 Å². The molecule has 12 heavy (non-hydrogen) atoms. The molecule has 1 aromatic heterocycles. The van der Waals surface area contributed by atoms with Gasteiger partial charge in [-0.2, -0.15) is 0 Å². The van der Waals surface area contributed by atoms with Gasteiger partial charge in [0.05, 0.1) is 5.02 Å². The number of carboxylic acids is 1. The number of aliphatic carboxylic acids is 1. The molecule has 5 heteroatoms. The summed E-state index contributed by atoms with van der Waals surface area (Å²) in [4.78, 5) is 11.3. The van der Waals surface area contributed by atoms with Gasteiger partial charge in [0.25, 0.3) is 0 Å². The smallest absolute Gasteiger partial charge is 0.320 e. The molecule has 1 heterocycles. The third-order valence-electron chi connectivity index (χ3n) is 1.36. The molecule has 0 spiro atoms. The van der Waals surface area contributed by atoms with Gasteiger partial charge < -0.3 is 10.8 Å². The Morgan fingerprint density at radius 3 is 2.92 bits per heavy atom. The van der Waals surface area contributed by atoms with E-state index < -0.39 is 12.0 Å². The number of hydrogen-bond acceptors (Lipinski definition) is 3. The van der Waals surface area contributed by atoms with E-state index in [1.165, 1.54) is 11.3 Å². The lowest BCUT2D eigenvalue weighted by atomic mass is 10.2. The third-order valence-corrected chi connectivity index (χ3v) is 2.67. The average molecular weight is 206 g/mol. The van der Waals surface area contributed by atoms with Crippen molar-refractivity contribution >= 4 is 28.9 Å². The first kappa shape index (κ1) is 9.51. The topological polar surface area (TPSA) is 63.3 Å². The Kier molecular flexibility index (Phi) is 3.08. The Balaban J connectivity index is 2.58. The first-order valence-corrected chi connectivity index (χ1v) is 4.56. The summed E-state index contributed by atoms with van der Waals surface area (Å²) in [6, 6.07) is 0.898. The van der Waals surface area contributed by atoms with Gasteiger partial charge in [-0.05, 0) is 6.07 Å². The molecule has 1 atom stereocenters. The fourth-order valence-corrected chi connectivity index (χ4v) is 1.90. The number of thiophene rings is 1. The van der Waals surface area contributed by atoms with Crippen molar-refractivity contribution in [2.75, 3.05) is 0 Å². The normalized spacial score (nSPS) is 12.8. The molecule has 0 unspecified atom stereocenters. The average Bonchev–Trinajstić information content (AvgIpc) is 2.35. The first-order chi connectivity index (χ1) is 5.59. The second-order valence-electron chi connectivity index (χ2n) is 2.38. The molecule has 0 saturated carbocycles. The molecule has 0 amide bonds. The molecule has 0 saturated heterocycles. The molecule has 0 bridgehead atoms. The van der Waals surface area contributed by atoms with Crippen LogP contribution in [0.5, 0.6) is 0 Å². The molecule has 0 aliphatic rings. The van der Waals surface area contributed by atoms with Crippen molar-refractivity contribution in [1.82, 2.24) is 0 Å². The van der Waals surface area contributed by atoms with Crippen LogP contribution >= 0.6 is 22.9 Å². The number of nitrogens with two attached hydrogens (primary N) is 1. The largest absolute Gasteiger partial charge is 0.480 e. The van der Waals surface area contributed by atoms with E-state index in [9.17, 15) is 4.79 Å². The summed E-state index contributed by atoms with van der Waals surface area (Å²) >= 11 is 7.07. The molecule has 0 aliphatic heterocycles. The molecule has 1 rings (SSSR count). The van der Waals surface area contributed by atoms with E-state index in [1.807, 2.05) is 0 Å².